The zero-order valence-corrected chi connectivity index (χ0v) is 10.8. The van der Waals surface area contributed by atoms with Crippen molar-refractivity contribution in [2.45, 2.75) is 45.8 Å². The summed E-state index contributed by atoms with van der Waals surface area (Å²) in [5.74, 6) is 0.146. The molecule has 2 rings (SSSR count). The molecule has 1 heterocycles. The van der Waals surface area contributed by atoms with Gasteiger partial charge in [0.25, 0.3) is 0 Å². The van der Waals surface area contributed by atoms with Crippen LogP contribution in [0.5, 0.6) is 0 Å². The van der Waals surface area contributed by atoms with Crippen molar-refractivity contribution in [2.24, 2.45) is 5.73 Å². The van der Waals surface area contributed by atoms with Crippen molar-refractivity contribution in [3.05, 3.63) is 34.9 Å². The van der Waals surface area contributed by atoms with E-state index >= 15 is 0 Å². The molecule has 0 bridgehead atoms. The molecule has 1 aromatic carbocycles. The van der Waals surface area contributed by atoms with Gasteiger partial charge in [0, 0.05) is 25.0 Å². The second kappa shape index (κ2) is 4.15. The molecule has 3 heteroatoms. The second-order valence-corrected chi connectivity index (χ2v) is 5.63. The number of rotatable bonds is 2. The Bertz CT molecular complexity index is 446. The molecular weight excluding hydrogens is 212 g/mol. The monoisotopic (exact) mass is 232 g/mol. The SMILES string of the molecule is Cc1cccc2c1CN(C(=O)CC(C)(C)N)C2. The largest absolute Gasteiger partial charge is 0.334 e. The number of nitrogens with zero attached hydrogens (tertiary/aromatic N) is 1. The smallest absolute Gasteiger partial charge is 0.224 e. The zero-order chi connectivity index (χ0) is 12.6. The molecule has 1 aliphatic heterocycles. The fourth-order valence-corrected chi connectivity index (χ4v) is 2.27. The van der Waals surface area contributed by atoms with E-state index in [-0.39, 0.29) is 5.91 Å². The van der Waals surface area contributed by atoms with Crippen LogP contribution in [0.4, 0.5) is 0 Å². The predicted molar refractivity (Wildman–Crippen MR) is 68.3 cm³/mol. The van der Waals surface area contributed by atoms with Gasteiger partial charge in [0.15, 0.2) is 0 Å². The lowest BCUT2D eigenvalue weighted by Gasteiger charge is -2.22. The fraction of sp³-hybridized carbons (Fsp3) is 0.500. The maximum absolute atomic E-state index is 12.1. The third-order valence-corrected chi connectivity index (χ3v) is 3.18. The van der Waals surface area contributed by atoms with Crippen LogP contribution in [0.15, 0.2) is 18.2 Å². The van der Waals surface area contributed by atoms with E-state index < -0.39 is 5.54 Å². The average Bonchev–Trinajstić information content (AvgIpc) is 2.60. The van der Waals surface area contributed by atoms with Gasteiger partial charge in [-0.15, -0.1) is 0 Å². The van der Waals surface area contributed by atoms with Gasteiger partial charge < -0.3 is 10.6 Å². The molecule has 0 aromatic heterocycles. The summed E-state index contributed by atoms with van der Waals surface area (Å²) in [4.78, 5) is 14.0. The van der Waals surface area contributed by atoms with E-state index in [0.29, 0.717) is 6.42 Å². The molecule has 1 amide bonds. The minimum absolute atomic E-state index is 0.146. The van der Waals surface area contributed by atoms with E-state index in [1.165, 1.54) is 16.7 Å². The van der Waals surface area contributed by atoms with Crippen LogP contribution in [-0.2, 0) is 17.9 Å². The van der Waals surface area contributed by atoms with Crippen LogP contribution in [0.1, 0.15) is 37.0 Å². The van der Waals surface area contributed by atoms with Crippen molar-refractivity contribution in [1.29, 1.82) is 0 Å². The molecule has 0 fully saturated rings. The Balaban J connectivity index is 2.10. The Labute approximate surface area is 103 Å². The van der Waals surface area contributed by atoms with E-state index in [1.54, 1.807) is 0 Å². The van der Waals surface area contributed by atoms with Crippen LogP contribution in [0, 0.1) is 6.92 Å². The molecule has 0 radical (unpaired) electrons. The molecule has 2 N–H and O–H groups in total. The van der Waals surface area contributed by atoms with Gasteiger partial charge in [-0.25, -0.2) is 0 Å². The summed E-state index contributed by atoms with van der Waals surface area (Å²) in [5.41, 5.74) is 9.30. The summed E-state index contributed by atoms with van der Waals surface area (Å²) in [5, 5.41) is 0. The number of fused-ring (bicyclic) bond motifs is 1. The first-order valence-corrected chi connectivity index (χ1v) is 6.01. The standard InChI is InChI=1S/C14H20N2O/c1-10-5-4-6-11-8-16(9-12(10)11)13(17)7-14(2,3)15/h4-6H,7-9,15H2,1-3H3. The summed E-state index contributed by atoms with van der Waals surface area (Å²) < 4.78 is 0. The zero-order valence-electron chi connectivity index (χ0n) is 10.8. The molecule has 92 valence electrons. The number of carbonyl (C=O) groups excluding carboxylic acids is 1. The minimum atomic E-state index is -0.430. The number of amides is 1. The van der Waals surface area contributed by atoms with Gasteiger partial charge in [0.2, 0.25) is 5.91 Å². The lowest BCUT2D eigenvalue weighted by Crippen LogP contribution is -2.39. The highest BCUT2D eigenvalue weighted by atomic mass is 16.2. The van der Waals surface area contributed by atoms with Gasteiger partial charge in [-0.1, -0.05) is 18.2 Å². The quantitative estimate of drug-likeness (QED) is 0.847. The van der Waals surface area contributed by atoms with Crippen LogP contribution < -0.4 is 5.73 Å². The number of hydrogen-bond acceptors (Lipinski definition) is 2. The lowest BCUT2D eigenvalue weighted by molar-refractivity contribution is -0.132. The summed E-state index contributed by atoms with van der Waals surface area (Å²) in [6.45, 7) is 7.33. The van der Waals surface area contributed by atoms with Crippen LogP contribution in [0.3, 0.4) is 0 Å². The van der Waals surface area contributed by atoms with Gasteiger partial charge >= 0.3 is 0 Å². The highest BCUT2D eigenvalue weighted by Gasteiger charge is 2.27. The number of hydrogen-bond donors (Lipinski definition) is 1. The molecule has 0 spiro atoms. The number of carbonyl (C=O) groups is 1. The Kier molecular flexibility index (Phi) is 2.96. The van der Waals surface area contributed by atoms with Crippen LogP contribution in [-0.4, -0.2) is 16.3 Å². The van der Waals surface area contributed by atoms with Crippen molar-refractivity contribution in [3.8, 4) is 0 Å². The molecule has 1 aromatic rings. The molecule has 17 heavy (non-hydrogen) atoms. The second-order valence-electron chi connectivity index (χ2n) is 5.63. The van der Waals surface area contributed by atoms with E-state index in [0.717, 1.165) is 13.1 Å². The van der Waals surface area contributed by atoms with Crippen LogP contribution in [0.25, 0.3) is 0 Å². The summed E-state index contributed by atoms with van der Waals surface area (Å²) in [6.07, 6.45) is 0.403. The van der Waals surface area contributed by atoms with Crippen molar-refractivity contribution < 1.29 is 4.79 Å². The van der Waals surface area contributed by atoms with Crippen molar-refractivity contribution >= 4 is 5.91 Å². The maximum atomic E-state index is 12.1. The summed E-state index contributed by atoms with van der Waals surface area (Å²) in [7, 11) is 0. The van der Waals surface area contributed by atoms with Gasteiger partial charge in [0.1, 0.15) is 0 Å². The third-order valence-electron chi connectivity index (χ3n) is 3.18. The van der Waals surface area contributed by atoms with E-state index in [9.17, 15) is 4.79 Å². The van der Waals surface area contributed by atoms with Crippen molar-refractivity contribution in [2.75, 3.05) is 0 Å². The van der Waals surface area contributed by atoms with E-state index in [1.807, 2.05) is 18.7 Å². The Morgan fingerprint density at radius 1 is 1.41 bits per heavy atom. The molecule has 0 aliphatic carbocycles. The van der Waals surface area contributed by atoms with E-state index in [4.69, 9.17) is 5.73 Å². The first kappa shape index (κ1) is 12.1. The van der Waals surface area contributed by atoms with Gasteiger partial charge in [-0.05, 0) is 37.5 Å². The van der Waals surface area contributed by atoms with Gasteiger partial charge in [-0.2, -0.15) is 0 Å². The lowest BCUT2D eigenvalue weighted by atomic mass is 10.0. The molecule has 0 saturated carbocycles. The Morgan fingerprint density at radius 3 is 2.71 bits per heavy atom. The number of aryl methyl sites for hydroxylation is 1. The summed E-state index contributed by atoms with van der Waals surface area (Å²) >= 11 is 0. The average molecular weight is 232 g/mol. The predicted octanol–water partition coefficient (Wildman–Crippen LogP) is 1.96. The number of nitrogens with two attached hydrogens (primary N) is 1. The minimum Gasteiger partial charge on any atom is -0.334 e. The number of benzene rings is 1. The topological polar surface area (TPSA) is 46.3 Å². The molecule has 1 aliphatic rings. The Hall–Kier alpha value is -1.35. The van der Waals surface area contributed by atoms with Gasteiger partial charge in [-0.3, -0.25) is 4.79 Å². The normalized spacial score (nSPS) is 14.9. The fourth-order valence-electron chi connectivity index (χ4n) is 2.27. The van der Waals surface area contributed by atoms with Crippen LogP contribution >= 0.6 is 0 Å². The third kappa shape index (κ3) is 2.67. The Morgan fingerprint density at radius 2 is 2.12 bits per heavy atom. The highest BCUT2D eigenvalue weighted by molar-refractivity contribution is 5.78. The maximum Gasteiger partial charge on any atom is 0.224 e. The molecule has 0 saturated heterocycles. The highest BCUT2D eigenvalue weighted by Crippen LogP contribution is 2.26. The molecule has 0 atom stereocenters. The first-order chi connectivity index (χ1) is 7.87. The first-order valence-electron chi connectivity index (χ1n) is 6.01. The molecule has 3 nitrogen and oxygen atoms in total. The van der Waals surface area contributed by atoms with Crippen molar-refractivity contribution in [3.63, 3.8) is 0 Å². The van der Waals surface area contributed by atoms with Crippen LogP contribution in [0.2, 0.25) is 0 Å². The molecule has 0 unspecified atom stereocenters. The summed E-state index contributed by atoms with van der Waals surface area (Å²) in [6, 6.07) is 6.25. The van der Waals surface area contributed by atoms with Crippen molar-refractivity contribution in [1.82, 2.24) is 4.90 Å². The molecular formula is C14H20N2O. The van der Waals surface area contributed by atoms with E-state index in [2.05, 4.69) is 25.1 Å². The van der Waals surface area contributed by atoms with Gasteiger partial charge in [0.05, 0.1) is 0 Å².